The van der Waals surface area contributed by atoms with Crippen LogP contribution in [0.5, 0.6) is 5.75 Å². The van der Waals surface area contributed by atoms with Gasteiger partial charge in [-0.05, 0) is 42.3 Å². The molecule has 3 nitrogen and oxygen atoms in total. The molecule has 0 aliphatic heterocycles. The van der Waals surface area contributed by atoms with Crippen molar-refractivity contribution in [1.82, 2.24) is 0 Å². The molecule has 0 amide bonds. The van der Waals surface area contributed by atoms with Crippen LogP contribution in [0.15, 0.2) is 75.9 Å². The Balaban J connectivity index is 1.76. The summed E-state index contributed by atoms with van der Waals surface area (Å²) >= 11 is 12.4. The zero-order chi connectivity index (χ0) is 19.7. The Kier molecular flexibility index (Phi) is 5.12. The van der Waals surface area contributed by atoms with E-state index < -0.39 is 5.63 Å². The van der Waals surface area contributed by atoms with Crippen LogP contribution in [0.1, 0.15) is 11.1 Å². The number of aryl methyl sites for hydroxylation is 1. The minimum absolute atomic E-state index is 0.216. The van der Waals surface area contributed by atoms with Gasteiger partial charge in [-0.1, -0.05) is 59.6 Å². The van der Waals surface area contributed by atoms with Crippen molar-refractivity contribution < 1.29 is 9.15 Å². The topological polar surface area (TPSA) is 39.4 Å². The molecular weight excluding hydrogens is 395 g/mol. The van der Waals surface area contributed by atoms with Crippen molar-refractivity contribution >= 4 is 34.2 Å². The number of hydrogen-bond donors (Lipinski definition) is 0. The van der Waals surface area contributed by atoms with Crippen molar-refractivity contribution in [3.05, 3.63) is 98.3 Å². The molecule has 0 bridgehead atoms. The summed E-state index contributed by atoms with van der Waals surface area (Å²) in [5.74, 6) is 0.608. The standard InChI is InChI=1S/C23H16Cl2O3/c1-14-21(27-13-18-19(24)8-5-9-20(18)25)11-10-16-17(12-22(26)28-23(14)16)15-6-3-2-4-7-15/h2-12H,13H2,1H3. The fourth-order valence-corrected chi connectivity index (χ4v) is 3.68. The molecule has 0 aliphatic carbocycles. The van der Waals surface area contributed by atoms with Crippen LogP contribution in [0.2, 0.25) is 10.0 Å². The second-order valence-electron chi connectivity index (χ2n) is 6.40. The Morgan fingerprint density at radius 2 is 1.64 bits per heavy atom. The molecule has 0 saturated carbocycles. The van der Waals surface area contributed by atoms with Gasteiger partial charge in [-0.15, -0.1) is 0 Å². The van der Waals surface area contributed by atoms with Gasteiger partial charge in [0, 0.05) is 32.6 Å². The molecule has 5 heteroatoms. The summed E-state index contributed by atoms with van der Waals surface area (Å²) in [6, 6.07) is 20.4. The molecule has 1 heterocycles. The van der Waals surface area contributed by atoms with Crippen molar-refractivity contribution in [3.63, 3.8) is 0 Å². The molecule has 0 N–H and O–H groups in total. The molecule has 3 aromatic carbocycles. The first kappa shape index (κ1) is 18.6. The van der Waals surface area contributed by atoms with Crippen LogP contribution in [0.25, 0.3) is 22.1 Å². The first-order chi connectivity index (χ1) is 13.5. The van der Waals surface area contributed by atoms with E-state index in [4.69, 9.17) is 32.4 Å². The third-order valence-corrected chi connectivity index (χ3v) is 5.34. The average molecular weight is 411 g/mol. The zero-order valence-electron chi connectivity index (χ0n) is 15.0. The SMILES string of the molecule is Cc1c(OCc2c(Cl)cccc2Cl)ccc2c(-c3ccccc3)cc(=O)oc12. The van der Waals surface area contributed by atoms with Crippen molar-refractivity contribution in [2.24, 2.45) is 0 Å². The van der Waals surface area contributed by atoms with Crippen molar-refractivity contribution in [3.8, 4) is 16.9 Å². The third-order valence-electron chi connectivity index (χ3n) is 4.63. The summed E-state index contributed by atoms with van der Waals surface area (Å²) in [6.45, 7) is 2.08. The second kappa shape index (κ2) is 7.70. The predicted molar refractivity (Wildman–Crippen MR) is 113 cm³/mol. The van der Waals surface area contributed by atoms with Crippen molar-refractivity contribution in [2.45, 2.75) is 13.5 Å². The lowest BCUT2D eigenvalue weighted by molar-refractivity contribution is 0.304. The van der Waals surface area contributed by atoms with E-state index in [1.807, 2.05) is 49.4 Å². The quantitative estimate of drug-likeness (QED) is 0.353. The molecule has 4 aromatic rings. The van der Waals surface area contributed by atoms with Gasteiger partial charge in [0.15, 0.2) is 0 Å². The van der Waals surface area contributed by atoms with E-state index in [2.05, 4.69) is 0 Å². The maximum Gasteiger partial charge on any atom is 0.336 e. The monoisotopic (exact) mass is 410 g/mol. The smallest absolute Gasteiger partial charge is 0.336 e. The van der Waals surface area contributed by atoms with E-state index in [9.17, 15) is 4.79 Å². The minimum atomic E-state index is -0.402. The van der Waals surface area contributed by atoms with Gasteiger partial charge in [0.2, 0.25) is 0 Å². The number of rotatable bonds is 4. The number of benzene rings is 3. The van der Waals surface area contributed by atoms with Crippen LogP contribution in [-0.4, -0.2) is 0 Å². The summed E-state index contributed by atoms with van der Waals surface area (Å²) in [7, 11) is 0. The molecule has 0 radical (unpaired) electrons. The third kappa shape index (κ3) is 3.51. The Bertz CT molecular complexity index is 1190. The van der Waals surface area contributed by atoms with Crippen LogP contribution < -0.4 is 10.4 Å². The maximum atomic E-state index is 12.2. The summed E-state index contributed by atoms with van der Waals surface area (Å²) in [4.78, 5) is 12.2. The fourth-order valence-electron chi connectivity index (χ4n) is 3.18. The zero-order valence-corrected chi connectivity index (χ0v) is 16.6. The van der Waals surface area contributed by atoms with Crippen molar-refractivity contribution in [2.75, 3.05) is 0 Å². The molecule has 0 atom stereocenters. The summed E-state index contributed by atoms with van der Waals surface area (Å²) in [5.41, 5.74) is 3.35. The van der Waals surface area contributed by atoms with Crippen LogP contribution in [0.4, 0.5) is 0 Å². The Labute approximate surface area is 172 Å². The van der Waals surface area contributed by atoms with Crippen LogP contribution in [0.3, 0.4) is 0 Å². The molecule has 0 saturated heterocycles. The highest BCUT2D eigenvalue weighted by Gasteiger charge is 2.14. The van der Waals surface area contributed by atoms with Gasteiger partial charge in [-0.25, -0.2) is 4.79 Å². The highest BCUT2D eigenvalue weighted by Crippen LogP contribution is 2.34. The van der Waals surface area contributed by atoms with E-state index in [-0.39, 0.29) is 6.61 Å². The maximum absolute atomic E-state index is 12.2. The summed E-state index contributed by atoms with van der Waals surface area (Å²) < 4.78 is 11.5. The molecule has 0 fully saturated rings. The lowest BCUT2D eigenvalue weighted by Gasteiger charge is -2.14. The highest BCUT2D eigenvalue weighted by molar-refractivity contribution is 6.35. The van der Waals surface area contributed by atoms with E-state index in [1.54, 1.807) is 18.2 Å². The van der Waals surface area contributed by atoms with Crippen LogP contribution in [-0.2, 0) is 6.61 Å². The molecule has 140 valence electrons. The number of halogens is 2. The van der Waals surface area contributed by atoms with E-state index in [1.165, 1.54) is 6.07 Å². The highest BCUT2D eigenvalue weighted by atomic mass is 35.5. The molecule has 1 aromatic heterocycles. The molecular formula is C23H16Cl2O3. The van der Waals surface area contributed by atoms with E-state index in [0.717, 1.165) is 22.1 Å². The molecule has 0 aliphatic rings. The molecule has 0 unspecified atom stereocenters. The van der Waals surface area contributed by atoms with E-state index >= 15 is 0 Å². The second-order valence-corrected chi connectivity index (χ2v) is 7.21. The number of hydrogen-bond acceptors (Lipinski definition) is 3. The van der Waals surface area contributed by atoms with E-state index in [0.29, 0.717) is 26.9 Å². The van der Waals surface area contributed by atoms with Gasteiger partial charge in [0.05, 0.1) is 0 Å². The number of fused-ring (bicyclic) bond motifs is 1. The Morgan fingerprint density at radius 3 is 2.36 bits per heavy atom. The van der Waals surface area contributed by atoms with Crippen LogP contribution in [0, 0.1) is 6.92 Å². The van der Waals surface area contributed by atoms with Gasteiger partial charge in [0.1, 0.15) is 17.9 Å². The molecule has 4 rings (SSSR count). The van der Waals surface area contributed by atoms with Gasteiger partial charge in [-0.2, -0.15) is 0 Å². The minimum Gasteiger partial charge on any atom is -0.488 e. The van der Waals surface area contributed by atoms with Crippen LogP contribution >= 0.6 is 23.2 Å². The number of ether oxygens (including phenoxy) is 1. The lowest BCUT2D eigenvalue weighted by atomic mass is 10.0. The average Bonchev–Trinajstić information content (AvgIpc) is 2.69. The molecule has 0 spiro atoms. The van der Waals surface area contributed by atoms with Crippen molar-refractivity contribution in [1.29, 1.82) is 0 Å². The van der Waals surface area contributed by atoms with Gasteiger partial charge in [0.25, 0.3) is 0 Å². The summed E-state index contributed by atoms with van der Waals surface area (Å²) in [6.07, 6.45) is 0. The van der Waals surface area contributed by atoms with Gasteiger partial charge >= 0.3 is 5.63 Å². The Hall–Kier alpha value is -2.75. The normalized spacial score (nSPS) is 11.0. The summed E-state index contributed by atoms with van der Waals surface area (Å²) in [5, 5.41) is 1.94. The fraction of sp³-hybridized carbons (Fsp3) is 0.0870. The first-order valence-corrected chi connectivity index (χ1v) is 9.49. The Morgan fingerprint density at radius 1 is 0.929 bits per heavy atom. The lowest BCUT2D eigenvalue weighted by Crippen LogP contribution is -2.02. The van der Waals surface area contributed by atoms with Gasteiger partial charge < -0.3 is 9.15 Å². The molecule has 28 heavy (non-hydrogen) atoms. The largest absolute Gasteiger partial charge is 0.488 e. The predicted octanol–water partition coefficient (Wildman–Crippen LogP) is 6.65. The first-order valence-electron chi connectivity index (χ1n) is 8.73. The van der Waals surface area contributed by atoms with Gasteiger partial charge in [-0.3, -0.25) is 0 Å².